The van der Waals surface area contributed by atoms with E-state index in [1.54, 1.807) is 0 Å². The van der Waals surface area contributed by atoms with Crippen molar-refractivity contribution >= 4 is 15.7 Å². The first kappa shape index (κ1) is 15.6. The van der Waals surface area contributed by atoms with Gasteiger partial charge in [-0.15, -0.1) is 0 Å². The van der Waals surface area contributed by atoms with Crippen LogP contribution >= 0.6 is 0 Å². The average molecular weight is 287 g/mol. The summed E-state index contributed by atoms with van der Waals surface area (Å²) in [6, 6.07) is 5.69. The lowest BCUT2D eigenvalue weighted by atomic mass is 10.2. The van der Waals surface area contributed by atoms with Crippen LogP contribution in [0.15, 0.2) is 29.2 Å². The molecular weight excluding hydrogens is 270 g/mol. The van der Waals surface area contributed by atoms with Crippen LogP contribution in [0.5, 0.6) is 0 Å². The minimum atomic E-state index is -3.38. The Hall–Kier alpha value is -1.44. The topological polar surface area (TPSA) is 94.9 Å². The zero-order valence-corrected chi connectivity index (χ0v) is 11.4. The van der Waals surface area contributed by atoms with Gasteiger partial charge >= 0.3 is 0 Å². The Labute approximate surface area is 112 Å². The first-order valence-electron chi connectivity index (χ1n) is 5.71. The van der Waals surface area contributed by atoms with Gasteiger partial charge in [-0.25, -0.2) is 8.42 Å². The van der Waals surface area contributed by atoms with Gasteiger partial charge < -0.3 is 15.1 Å². The van der Waals surface area contributed by atoms with Crippen molar-refractivity contribution in [2.75, 3.05) is 32.6 Å². The number of aliphatic hydroxyl groups excluding tert-OH is 2. The lowest BCUT2D eigenvalue weighted by Gasteiger charge is -2.20. The number of hydrogen-bond acceptors (Lipinski definition) is 5. The van der Waals surface area contributed by atoms with Gasteiger partial charge in [0.15, 0.2) is 9.84 Å². The molecule has 1 aromatic carbocycles. The molecule has 0 fully saturated rings. The van der Waals surface area contributed by atoms with Crippen LogP contribution in [0, 0.1) is 0 Å². The number of carbonyl (C=O) groups is 1. The maximum atomic E-state index is 12.1. The van der Waals surface area contributed by atoms with Crippen molar-refractivity contribution in [1.29, 1.82) is 0 Å². The summed E-state index contributed by atoms with van der Waals surface area (Å²) in [5, 5.41) is 17.7. The Morgan fingerprint density at radius 1 is 1.21 bits per heavy atom. The molecule has 0 aromatic heterocycles. The second kappa shape index (κ2) is 6.65. The van der Waals surface area contributed by atoms with Gasteiger partial charge in [0.25, 0.3) is 5.91 Å². The summed E-state index contributed by atoms with van der Waals surface area (Å²) < 4.78 is 22.8. The van der Waals surface area contributed by atoms with Crippen LogP contribution in [0.3, 0.4) is 0 Å². The number of nitrogens with zero attached hydrogens (tertiary/aromatic N) is 1. The molecule has 0 radical (unpaired) electrons. The quantitative estimate of drug-likeness (QED) is 0.736. The number of carbonyl (C=O) groups excluding carboxylic acids is 1. The van der Waals surface area contributed by atoms with E-state index in [1.165, 1.54) is 29.2 Å². The summed E-state index contributed by atoms with van der Waals surface area (Å²) >= 11 is 0. The first-order chi connectivity index (χ1) is 8.90. The van der Waals surface area contributed by atoms with Crippen LogP contribution < -0.4 is 0 Å². The Balaban J connectivity index is 3.04. The van der Waals surface area contributed by atoms with Crippen LogP contribution in [-0.2, 0) is 9.84 Å². The number of sulfone groups is 1. The largest absolute Gasteiger partial charge is 0.395 e. The van der Waals surface area contributed by atoms with E-state index in [0.29, 0.717) is 0 Å². The van der Waals surface area contributed by atoms with Gasteiger partial charge in [-0.1, -0.05) is 6.07 Å². The molecule has 0 aliphatic heterocycles. The van der Waals surface area contributed by atoms with Crippen LogP contribution in [0.4, 0.5) is 0 Å². The highest BCUT2D eigenvalue weighted by Crippen LogP contribution is 2.13. The summed E-state index contributed by atoms with van der Waals surface area (Å²) in [6.07, 6.45) is 1.07. The Kier molecular flexibility index (Phi) is 5.46. The summed E-state index contributed by atoms with van der Waals surface area (Å²) in [6.45, 7) is -0.278. The van der Waals surface area contributed by atoms with E-state index in [1.807, 2.05) is 0 Å². The van der Waals surface area contributed by atoms with E-state index in [4.69, 9.17) is 10.2 Å². The average Bonchev–Trinajstić information content (AvgIpc) is 2.37. The molecule has 0 saturated heterocycles. The van der Waals surface area contributed by atoms with Gasteiger partial charge in [0.2, 0.25) is 0 Å². The Bertz CT molecular complexity index is 535. The highest BCUT2D eigenvalue weighted by atomic mass is 32.2. The molecule has 0 saturated carbocycles. The van der Waals surface area contributed by atoms with Crippen molar-refractivity contribution in [3.05, 3.63) is 29.8 Å². The zero-order valence-electron chi connectivity index (χ0n) is 10.6. The lowest BCUT2D eigenvalue weighted by molar-refractivity contribution is 0.0684. The fraction of sp³-hybridized carbons (Fsp3) is 0.417. The molecule has 2 N–H and O–H groups in total. The fourth-order valence-electron chi connectivity index (χ4n) is 1.60. The van der Waals surface area contributed by atoms with E-state index < -0.39 is 15.7 Å². The van der Waals surface area contributed by atoms with Crippen molar-refractivity contribution < 1.29 is 23.4 Å². The van der Waals surface area contributed by atoms with Gasteiger partial charge in [0, 0.05) is 24.9 Å². The SMILES string of the molecule is CS(=O)(=O)c1cccc(C(=O)N(CCO)CCO)c1. The van der Waals surface area contributed by atoms with Crippen LogP contribution in [-0.4, -0.2) is 62.0 Å². The summed E-state index contributed by atoms with van der Waals surface area (Å²) in [5.74, 6) is -0.423. The molecule has 7 heteroatoms. The van der Waals surface area contributed by atoms with Gasteiger partial charge in [-0.3, -0.25) is 4.79 Å². The highest BCUT2D eigenvalue weighted by molar-refractivity contribution is 7.90. The van der Waals surface area contributed by atoms with Gasteiger partial charge in [-0.05, 0) is 18.2 Å². The third-order valence-electron chi connectivity index (χ3n) is 2.54. The second-order valence-electron chi connectivity index (χ2n) is 4.04. The Morgan fingerprint density at radius 3 is 2.26 bits per heavy atom. The number of hydrogen-bond donors (Lipinski definition) is 2. The molecule has 19 heavy (non-hydrogen) atoms. The molecule has 6 nitrogen and oxygen atoms in total. The number of benzene rings is 1. The maximum Gasteiger partial charge on any atom is 0.254 e. The summed E-state index contributed by atoms with van der Waals surface area (Å²) in [7, 11) is -3.38. The number of aliphatic hydroxyl groups is 2. The van der Waals surface area contributed by atoms with Crippen molar-refractivity contribution in [2.45, 2.75) is 4.90 Å². The zero-order chi connectivity index (χ0) is 14.5. The van der Waals surface area contributed by atoms with E-state index in [9.17, 15) is 13.2 Å². The molecule has 0 heterocycles. The van der Waals surface area contributed by atoms with Crippen LogP contribution in [0.25, 0.3) is 0 Å². The van der Waals surface area contributed by atoms with E-state index in [2.05, 4.69) is 0 Å². The second-order valence-corrected chi connectivity index (χ2v) is 6.06. The summed E-state index contributed by atoms with van der Waals surface area (Å²) in [5.41, 5.74) is 0.213. The minimum absolute atomic E-state index is 0.0614. The van der Waals surface area contributed by atoms with Crippen molar-refractivity contribution in [2.24, 2.45) is 0 Å². The smallest absolute Gasteiger partial charge is 0.254 e. The van der Waals surface area contributed by atoms with E-state index >= 15 is 0 Å². The molecule has 0 aliphatic rings. The fourth-order valence-corrected chi connectivity index (χ4v) is 2.27. The van der Waals surface area contributed by atoms with Crippen molar-refractivity contribution in [3.8, 4) is 0 Å². The third kappa shape index (κ3) is 4.30. The molecule has 0 bridgehead atoms. The highest BCUT2D eigenvalue weighted by Gasteiger charge is 2.17. The number of rotatable bonds is 6. The standard InChI is InChI=1S/C12H17NO5S/c1-19(17,18)11-4-2-3-10(9-11)12(16)13(5-7-14)6-8-15/h2-4,9,14-15H,5-8H2,1H3. The van der Waals surface area contributed by atoms with Gasteiger partial charge in [-0.2, -0.15) is 0 Å². The van der Waals surface area contributed by atoms with E-state index in [0.717, 1.165) is 6.26 Å². The monoisotopic (exact) mass is 287 g/mol. The van der Waals surface area contributed by atoms with Crippen LogP contribution in [0.1, 0.15) is 10.4 Å². The molecule has 106 valence electrons. The van der Waals surface area contributed by atoms with Crippen molar-refractivity contribution in [3.63, 3.8) is 0 Å². The van der Waals surface area contributed by atoms with Gasteiger partial charge in [0.05, 0.1) is 18.1 Å². The minimum Gasteiger partial charge on any atom is -0.395 e. The molecule has 1 aromatic rings. The number of amides is 1. The molecule has 0 unspecified atom stereocenters. The molecular formula is C12H17NO5S. The third-order valence-corrected chi connectivity index (χ3v) is 3.65. The molecule has 0 atom stereocenters. The summed E-state index contributed by atoms with van der Waals surface area (Å²) in [4.78, 5) is 13.4. The molecule has 1 amide bonds. The van der Waals surface area contributed by atoms with E-state index in [-0.39, 0.29) is 36.8 Å². The van der Waals surface area contributed by atoms with Crippen molar-refractivity contribution in [1.82, 2.24) is 4.90 Å². The molecule has 1 rings (SSSR count). The normalized spacial score (nSPS) is 11.3. The first-order valence-corrected chi connectivity index (χ1v) is 7.60. The molecule has 0 spiro atoms. The van der Waals surface area contributed by atoms with Crippen LogP contribution in [0.2, 0.25) is 0 Å². The molecule has 0 aliphatic carbocycles. The maximum absolute atomic E-state index is 12.1. The lowest BCUT2D eigenvalue weighted by Crippen LogP contribution is -2.35. The van der Waals surface area contributed by atoms with Gasteiger partial charge in [0.1, 0.15) is 0 Å². The predicted molar refractivity (Wildman–Crippen MR) is 69.6 cm³/mol. The Morgan fingerprint density at radius 2 is 1.79 bits per heavy atom. The predicted octanol–water partition coefficient (Wildman–Crippen LogP) is -0.483.